The van der Waals surface area contributed by atoms with Gasteiger partial charge in [-0.25, -0.2) is 4.39 Å². The number of benzene rings is 2. The molecule has 0 unspecified atom stereocenters. The molecule has 0 saturated heterocycles. The number of carbonyl (C=O) groups excluding carboxylic acids is 1. The van der Waals surface area contributed by atoms with Gasteiger partial charge in [0.25, 0.3) is 5.91 Å². The molecular formula is C14H9Cl2FN2O4. The lowest BCUT2D eigenvalue weighted by atomic mass is 10.3. The number of halogens is 3. The molecule has 1 amide bonds. The topological polar surface area (TPSA) is 81.5 Å². The van der Waals surface area contributed by atoms with Gasteiger partial charge in [0.15, 0.2) is 12.4 Å². The van der Waals surface area contributed by atoms with Gasteiger partial charge in [-0.15, -0.1) is 0 Å². The summed E-state index contributed by atoms with van der Waals surface area (Å²) in [5, 5.41) is 13.6. The normalized spacial score (nSPS) is 10.2. The van der Waals surface area contributed by atoms with E-state index in [9.17, 15) is 19.3 Å². The Hall–Kier alpha value is -2.38. The predicted octanol–water partition coefficient (Wildman–Crippen LogP) is 4.06. The van der Waals surface area contributed by atoms with Gasteiger partial charge in [-0.1, -0.05) is 23.2 Å². The van der Waals surface area contributed by atoms with Crippen molar-refractivity contribution in [2.24, 2.45) is 0 Å². The summed E-state index contributed by atoms with van der Waals surface area (Å²) in [6, 6.07) is 7.43. The second-order valence-electron chi connectivity index (χ2n) is 4.33. The highest BCUT2D eigenvalue weighted by atomic mass is 35.5. The molecule has 0 aliphatic carbocycles. The Bertz CT molecular complexity index is 770. The van der Waals surface area contributed by atoms with Crippen molar-refractivity contribution in [3.8, 4) is 5.75 Å². The van der Waals surface area contributed by atoms with Gasteiger partial charge in [0.1, 0.15) is 5.82 Å². The van der Waals surface area contributed by atoms with Gasteiger partial charge in [0.2, 0.25) is 0 Å². The maximum Gasteiger partial charge on any atom is 0.312 e. The summed E-state index contributed by atoms with van der Waals surface area (Å²) in [6.45, 7) is -0.547. The van der Waals surface area contributed by atoms with E-state index in [2.05, 4.69) is 5.32 Å². The van der Waals surface area contributed by atoms with Gasteiger partial charge in [0, 0.05) is 16.1 Å². The quantitative estimate of drug-likeness (QED) is 0.645. The first-order chi connectivity index (χ1) is 10.9. The predicted molar refractivity (Wildman–Crippen MR) is 83.6 cm³/mol. The fraction of sp³-hybridized carbons (Fsp3) is 0.0714. The van der Waals surface area contributed by atoms with Crippen LogP contribution < -0.4 is 10.1 Å². The second-order valence-corrected chi connectivity index (χ2v) is 5.20. The van der Waals surface area contributed by atoms with Crippen LogP contribution >= 0.6 is 23.2 Å². The Morgan fingerprint density at radius 1 is 1.22 bits per heavy atom. The Kier molecular flexibility index (Phi) is 5.36. The van der Waals surface area contributed by atoms with Crippen molar-refractivity contribution < 1.29 is 18.8 Å². The molecular weight excluding hydrogens is 350 g/mol. The minimum Gasteiger partial charge on any atom is -0.477 e. The summed E-state index contributed by atoms with van der Waals surface area (Å²) in [7, 11) is 0. The molecule has 23 heavy (non-hydrogen) atoms. The number of nitrogens with zero attached hydrogens (tertiary/aromatic N) is 1. The molecule has 0 aromatic heterocycles. The van der Waals surface area contributed by atoms with Crippen molar-refractivity contribution in [3.63, 3.8) is 0 Å². The average Bonchev–Trinajstić information content (AvgIpc) is 2.49. The number of anilines is 1. The first kappa shape index (κ1) is 17.0. The summed E-state index contributed by atoms with van der Waals surface area (Å²) in [5.74, 6) is -1.49. The van der Waals surface area contributed by atoms with Crippen molar-refractivity contribution >= 4 is 40.5 Å². The van der Waals surface area contributed by atoms with Crippen LogP contribution in [0, 0.1) is 15.9 Å². The first-order valence-electron chi connectivity index (χ1n) is 6.18. The Balaban J connectivity index is 2.05. The monoisotopic (exact) mass is 358 g/mol. The standard InChI is InChI=1S/C14H9Cl2FN2O4/c15-8-1-3-10(17)11(5-8)18-14(20)7-23-13-4-2-9(16)6-12(13)19(21)22/h1-6H,7H2,(H,18,20). The summed E-state index contributed by atoms with van der Waals surface area (Å²) >= 11 is 11.4. The van der Waals surface area contributed by atoms with E-state index in [4.69, 9.17) is 27.9 Å². The van der Waals surface area contributed by atoms with Crippen molar-refractivity contribution in [3.05, 3.63) is 62.4 Å². The number of carbonyl (C=O) groups is 1. The van der Waals surface area contributed by atoms with Gasteiger partial charge >= 0.3 is 5.69 Å². The fourth-order valence-corrected chi connectivity index (χ4v) is 2.02. The molecule has 0 saturated carbocycles. The zero-order valence-electron chi connectivity index (χ0n) is 11.4. The van der Waals surface area contributed by atoms with Crippen LogP contribution in [0.2, 0.25) is 10.0 Å². The van der Waals surface area contributed by atoms with E-state index in [0.717, 1.165) is 12.1 Å². The van der Waals surface area contributed by atoms with Crippen LogP contribution in [0.5, 0.6) is 5.75 Å². The molecule has 0 aliphatic heterocycles. The lowest BCUT2D eigenvalue weighted by molar-refractivity contribution is -0.385. The zero-order chi connectivity index (χ0) is 17.0. The van der Waals surface area contributed by atoms with Crippen molar-refractivity contribution in [2.45, 2.75) is 0 Å². The van der Waals surface area contributed by atoms with Crippen LogP contribution in [0.1, 0.15) is 0 Å². The molecule has 0 spiro atoms. The van der Waals surface area contributed by atoms with Crippen LogP contribution in [0.3, 0.4) is 0 Å². The lowest BCUT2D eigenvalue weighted by Crippen LogP contribution is -2.21. The second kappa shape index (κ2) is 7.26. The number of hydrogen-bond donors (Lipinski definition) is 1. The third-order valence-electron chi connectivity index (χ3n) is 2.68. The number of ether oxygens (including phenoxy) is 1. The molecule has 0 bridgehead atoms. The van der Waals surface area contributed by atoms with Crippen molar-refractivity contribution in [1.29, 1.82) is 0 Å². The zero-order valence-corrected chi connectivity index (χ0v) is 12.9. The van der Waals surface area contributed by atoms with E-state index in [1.54, 1.807) is 0 Å². The summed E-state index contributed by atoms with van der Waals surface area (Å²) in [5.41, 5.74) is -0.490. The molecule has 6 nitrogen and oxygen atoms in total. The first-order valence-corrected chi connectivity index (χ1v) is 6.94. The largest absolute Gasteiger partial charge is 0.477 e. The third kappa shape index (κ3) is 4.54. The molecule has 2 aromatic carbocycles. The van der Waals surface area contributed by atoms with E-state index in [0.29, 0.717) is 0 Å². The molecule has 120 valence electrons. The van der Waals surface area contributed by atoms with E-state index in [1.807, 2.05) is 0 Å². The van der Waals surface area contributed by atoms with E-state index >= 15 is 0 Å². The molecule has 1 N–H and O–H groups in total. The molecule has 2 rings (SSSR count). The molecule has 9 heteroatoms. The number of nitro benzene ring substituents is 1. The van der Waals surface area contributed by atoms with Gasteiger partial charge in [-0.2, -0.15) is 0 Å². The summed E-state index contributed by atoms with van der Waals surface area (Å²) in [4.78, 5) is 22.0. The van der Waals surface area contributed by atoms with Gasteiger partial charge in [-0.3, -0.25) is 14.9 Å². The van der Waals surface area contributed by atoms with Gasteiger partial charge in [-0.05, 0) is 30.3 Å². The third-order valence-corrected chi connectivity index (χ3v) is 3.15. The minimum absolute atomic E-state index is 0.114. The highest BCUT2D eigenvalue weighted by Crippen LogP contribution is 2.29. The molecule has 0 fully saturated rings. The number of nitro groups is 1. The van der Waals surface area contributed by atoms with Gasteiger partial charge in [0.05, 0.1) is 10.6 Å². The number of nitrogens with one attached hydrogen (secondary N) is 1. The smallest absolute Gasteiger partial charge is 0.312 e. The number of rotatable bonds is 5. The SMILES string of the molecule is O=C(COc1ccc(Cl)cc1[N+](=O)[O-])Nc1cc(Cl)ccc1F. The van der Waals surface area contributed by atoms with Crippen molar-refractivity contribution in [1.82, 2.24) is 0 Å². The molecule has 0 radical (unpaired) electrons. The van der Waals surface area contributed by atoms with Crippen molar-refractivity contribution in [2.75, 3.05) is 11.9 Å². The Labute approximate surface area is 139 Å². The summed E-state index contributed by atoms with van der Waals surface area (Å²) in [6.07, 6.45) is 0. The van der Waals surface area contributed by atoms with Gasteiger partial charge < -0.3 is 10.1 Å². The number of amides is 1. The maximum absolute atomic E-state index is 13.5. The summed E-state index contributed by atoms with van der Waals surface area (Å²) < 4.78 is 18.6. The molecule has 2 aromatic rings. The number of hydrogen-bond acceptors (Lipinski definition) is 4. The van der Waals surface area contributed by atoms with E-state index in [-0.39, 0.29) is 27.2 Å². The molecule has 0 aliphatic rings. The lowest BCUT2D eigenvalue weighted by Gasteiger charge is -2.09. The van der Waals surface area contributed by atoms with Crippen LogP contribution in [0.15, 0.2) is 36.4 Å². The molecule has 0 heterocycles. The van der Waals surface area contributed by atoms with E-state index in [1.165, 1.54) is 24.3 Å². The van der Waals surface area contributed by atoms with E-state index < -0.39 is 23.3 Å². The highest BCUT2D eigenvalue weighted by Gasteiger charge is 2.17. The Morgan fingerprint density at radius 3 is 2.57 bits per heavy atom. The van der Waals surface area contributed by atoms with Crippen LogP contribution in [-0.4, -0.2) is 17.4 Å². The molecule has 0 atom stereocenters. The van der Waals surface area contributed by atoms with Crippen LogP contribution in [0.25, 0.3) is 0 Å². The van der Waals surface area contributed by atoms with Crippen LogP contribution in [-0.2, 0) is 4.79 Å². The highest BCUT2D eigenvalue weighted by molar-refractivity contribution is 6.31. The fourth-order valence-electron chi connectivity index (χ4n) is 1.68. The average molecular weight is 359 g/mol. The Morgan fingerprint density at radius 2 is 1.87 bits per heavy atom. The maximum atomic E-state index is 13.5. The van der Waals surface area contributed by atoms with Crippen LogP contribution in [0.4, 0.5) is 15.8 Å². The minimum atomic E-state index is -0.699.